The number of aromatic nitrogens is 4. The predicted molar refractivity (Wildman–Crippen MR) is 128 cm³/mol. The molecule has 1 N–H and O–H groups in total. The van der Waals surface area contributed by atoms with Gasteiger partial charge in [0.25, 0.3) is 5.91 Å². The molecule has 1 aliphatic carbocycles. The third-order valence-electron chi connectivity index (χ3n) is 7.60. The molecular weight excluding hydrogens is 445 g/mol. The minimum absolute atomic E-state index is 0.0729. The van der Waals surface area contributed by atoms with Crippen LogP contribution in [0.5, 0.6) is 0 Å². The number of aliphatic hydroxyl groups is 1. The van der Waals surface area contributed by atoms with E-state index >= 15 is 0 Å². The normalized spacial score (nSPS) is 24.3. The SMILES string of the molecule is O=C(c1nc(-c2ncccn2)c2c(F)cccn12)N1CC[C@](O)(c2ccccc2)[C@H]2CCCCC21. The summed E-state index contributed by atoms with van der Waals surface area (Å²) in [4.78, 5) is 28.8. The van der Waals surface area contributed by atoms with Gasteiger partial charge in [-0.05, 0) is 43.0 Å². The largest absolute Gasteiger partial charge is 0.385 e. The highest BCUT2D eigenvalue weighted by Crippen LogP contribution is 2.47. The molecule has 1 amide bonds. The second-order valence-electron chi connectivity index (χ2n) is 9.43. The molecular formula is C27H26FN5O2. The lowest BCUT2D eigenvalue weighted by atomic mass is 9.66. The zero-order chi connectivity index (χ0) is 24.0. The van der Waals surface area contributed by atoms with Crippen LogP contribution in [0.4, 0.5) is 4.39 Å². The quantitative estimate of drug-likeness (QED) is 0.484. The fraction of sp³-hybridized carbons (Fsp3) is 0.333. The highest BCUT2D eigenvalue weighted by molar-refractivity contribution is 5.94. The predicted octanol–water partition coefficient (Wildman–Crippen LogP) is 4.22. The van der Waals surface area contributed by atoms with Crippen molar-refractivity contribution in [2.24, 2.45) is 5.92 Å². The van der Waals surface area contributed by atoms with Gasteiger partial charge in [-0.1, -0.05) is 43.2 Å². The number of amides is 1. The first-order valence-corrected chi connectivity index (χ1v) is 12.1. The number of likely N-dealkylation sites (tertiary alicyclic amines) is 1. The van der Waals surface area contributed by atoms with Crippen molar-refractivity contribution in [3.05, 3.63) is 84.3 Å². The Bertz CT molecular complexity index is 1380. The summed E-state index contributed by atoms with van der Waals surface area (Å²) >= 11 is 0. The maximum Gasteiger partial charge on any atom is 0.290 e. The van der Waals surface area contributed by atoms with Crippen LogP contribution in [0.25, 0.3) is 17.0 Å². The van der Waals surface area contributed by atoms with Crippen molar-refractivity contribution in [1.82, 2.24) is 24.3 Å². The van der Waals surface area contributed by atoms with Gasteiger partial charge in [-0.25, -0.2) is 19.3 Å². The lowest BCUT2D eigenvalue weighted by Crippen LogP contribution is -2.59. The number of fused-ring (bicyclic) bond motifs is 2. The van der Waals surface area contributed by atoms with Crippen LogP contribution in [-0.4, -0.2) is 47.9 Å². The van der Waals surface area contributed by atoms with Crippen LogP contribution in [0.1, 0.15) is 48.3 Å². The Morgan fingerprint density at radius 3 is 2.60 bits per heavy atom. The van der Waals surface area contributed by atoms with Crippen LogP contribution in [0.15, 0.2) is 67.1 Å². The molecule has 1 saturated carbocycles. The summed E-state index contributed by atoms with van der Waals surface area (Å²) < 4.78 is 16.4. The van der Waals surface area contributed by atoms with Gasteiger partial charge in [0.05, 0.1) is 5.60 Å². The molecule has 1 unspecified atom stereocenters. The second-order valence-corrected chi connectivity index (χ2v) is 9.43. The molecule has 1 aromatic carbocycles. The topological polar surface area (TPSA) is 83.6 Å². The molecule has 1 aliphatic heterocycles. The molecule has 35 heavy (non-hydrogen) atoms. The standard InChI is InChI=1S/C27H26FN5O2/c28-20-11-6-16-33-23(20)22(24-29-14-7-15-30-24)31-25(33)26(34)32-17-13-27(35,18-8-2-1-3-9-18)19-10-4-5-12-21(19)32/h1-3,6-9,11,14-16,19,21,35H,4-5,10,12-13,17H2/t19-,21?,27-/m0/s1. The van der Waals surface area contributed by atoms with Gasteiger partial charge >= 0.3 is 0 Å². The zero-order valence-electron chi connectivity index (χ0n) is 19.2. The van der Waals surface area contributed by atoms with Crippen molar-refractivity contribution < 1.29 is 14.3 Å². The number of piperidine rings is 1. The summed E-state index contributed by atoms with van der Waals surface area (Å²) in [7, 11) is 0. The second kappa shape index (κ2) is 8.53. The van der Waals surface area contributed by atoms with Crippen LogP contribution < -0.4 is 0 Å². The van der Waals surface area contributed by atoms with E-state index in [1.54, 1.807) is 30.7 Å². The molecule has 2 aliphatic rings. The fourth-order valence-corrected chi connectivity index (χ4v) is 5.98. The first-order valence-electron chi connectivity index (χ1n) is 12.1. The third-order valence-corrected chi connectivity index (χ3v) is 7.60. The lowest BCUT2D eigenvalue weighted by Gasteiger charge is -2.52. The first-order chi connectivity index (χ1) is 17.1. The van der Waals surface area contributed by atoms with Gasteiger partial charge in [0, 0.05) is 37.1 Å². The number of halogens is 1. The molecule has 4 heterocycles. The van der Waals surface area contributed by atoms with Gasteiger partial charge in [0.15, 0.2) is 5.82 Å². The van der Waals surface area contributed by atoms with E-state index < -0.39 is 11.4 Å². The average Bonchev–Trinajstić information content (AvgIpc) is 3.31. The Kier molecular flexibility index (Phi) is 5.33. The molecule has 6 rings (SSSR count). The molecule has 178 valence electrons. The van der Waals surface area contributed by atoms with Gasteiger partial charge < -0.3 is 10.0 Å². The zero-order valence-corrected chi connectivity index (χ0v) is 19.2. The van der Waals surface area contributed by atoms with E-state index in [0.717, 1.165) is 31.2 Å². The molecule has 7 nitrogen and oxygen atoms in total. The van der Waals surface area contributed by atoms with Crippen molar-refractivity contribution in [2.45, 2.75) is 43.7 Å². The van der Waals surface area contributed by atoms with Crippen molar-refractivity contribution in [2.75, 3.05) is 6.54 Å². The van der Waals surface area contributed by atoms with Gasteiger partial charge in [0.1, 0.15) is 17.0 Å². The summed E-state index contributed by atoms with van der Waals surface area (Å²) in [6, 6.07) is 14.2. The summed E-state index contributed by atoms with van der Waals surface area (Å²) in [6.45, 7) is 0.396. The molecule has 3 aromatic heterocycles. The van der Waals surface area contributed by atoms with Crippen LogP contribution in [0.3, 0.4) is 0 Å². The van der Waals surface area contributed by atoms with Gasteiger partial charge in [-0.3, -0.25) is 9.20 Å². The third kappa shape index (κ3) is 3.51. The minimum atomic E-state index is -0.979. The summed E-state index contributed by atoms with van der Waals surface area (Å²) in [5.74, 6) is -0.427. The maximum absolute atomic E-state index is 14.9. The van der Waals surface area contributed by atoms with Gasteiger partial charge in [-0.2, -0.15) is 0 Å². The Morgan fingerprint density at radius 2 is 1.80 bits per heavy atom. The summed E-state index contributed by atoms with van der Waals surface area (Å²) in [6.07, 6.45) is 8.90. The highest BCUT2D eigenvalue weighted by atomic mass is 19.1. The number of benzene rings is 1. The Labute approximate surface area is 202 Å². The molecule has 2 fully saturated rings. The van der Waals surface area contributed by atoms with Crippen LogP contribution in [-0.2, 0) is 5.60 Å². The van der Waals surface area contributed by atoms with Crippen molar-refractivity contribution in [3.8, 4) is 11.5 Å². The van der Waals surface area contributed by atoms with E-state index in [0.29, 0.717) is 13.0 Å². The average molecular weight is 472 g/mol. The monoisotopic (exact) mass is 471 g/mol. The number of pyridine rings is 1. The Hall–Kier alpha value is -3.65. The number of nitrogens with zero attached hydrogens (tertiary/aromatic N) is 5. The molecule has 0 spiro atoms. The van der Waals surface area contributed by atoms with Crippen LogP contribution in [0.2, 0.25) is 0 Å². The fourth-order valence-electron chi connectivity index (χ4n) is 5.98. The number of hydrogen-bond acceptors (Lipinski definition) is 5. The molecule has 1 saturated heterocycles. The number of hydrogen-bond donors (Lipinski definition) is 1. The van der Waals surface area contributed by atoms with Gasteiger partial charge in [0.2, 0.25) is 5.82 Å². The van der Waals surface area contributed by atoms with E-state index in [9.17, 15) is 14.3 Å². The van der Waals surface area contributed by atoms with Crippen molar-refractivity contribution >= 4 is 11.4 Å². The number of carbonyl (C=O) groups is 1. The maximum atomic E-state index is 14.9. The first kappa shape index (κ1) is 21.9. The molecule has 0 bridgehead atoms. The van der Waals surface area contributed by atoms with E-state index in [1.807, 2.05) is 35.2 Å². The Morgan fingerprint density at radius 1 is 1.03 bits per heavy atom. The van der Waals surface area contributed by atoms with E-state index in [4.69, 9.17) is 0 Å². The molecule has 8 heteroatoms. The van der Waals surface area contributed by atoms with E-state index in [1.165, 1.54) is 10.5 Å². The summed E-state index contributed by atoms with van der Waals surface area (Å²) in [5.41, 5.74) is 0.346. The molecule has 4 aromatic rings. The van der Waals surface area contributed by atoms with E-state index in [-0.39, 0.29) is 40.7 Å². The molecule has 3 atom stereocenters. The van der Waals surface area contributed by atoms with Crippen molar-refractivity contribution in [3.63, 3.8) is 0 Å². The highest BCUT2D eigenvalue weighted by Gasteiger charge is 2.50. The number of imidazole rings is 1. The molecule has 0 radical (unpaired) electrons. The van der Waals surface area contributed by atoms with Crippen molar-refractivity contribution in [1.29, 1.82) is 0 Å². The minimum Gasteiger partial charge on any atom is -0.385 e. The van der Waals surface area contributed by atoms with E-state index in [2.05, 4.69) is 15.0 Å². The lowest BCUT2D eigenvalue weighted by molar-refractivity contribution is -0.110. The number of rotatable bonds is 3. The smallest absolute Gasteiger partial charge is 0.290 e. The van der Waals surface area contributed by atoms with Crippen LogP contribution in [0, 0.1) is 11.7 Å². The Balaban J connectivity index is 1.41. The summed E-state index contributed by atoms with van der Waals surface area (Å²) in [5, 5.41) is 11.8. The van der Waals surface area contributed by atoms with Gasteiger partial charge in [-0.15, -0.1) is 0 Å². The van der Waals surface area contributed by atoms with Crippen LogP contribution >= 0.6 is 0 Å². The number of carbonyl (C=O) groups excluding carboxylic acids is 1.